The number of phenolic OH excluding ortho intramolecular Hbond substituents is 1. The number of hydrogen-bond acceptors (Lipinski definition) is 4. The molecule has 1 unspecified atom stereocenters. The lowest BCUT2D eigenvalue weighted by atomic mass is 10.2. The molecule has 8 heteroatoms. The van der Waals surface area contributed by atoms with Crippen LogP contribution in [0.15, 0.2) is 18.2 Å². The number of aromatic carboxylic acids is 1. The molecule has 0 radical (unpaired) electrons. The molecule has 0 fully saturated rings. The summed E-state index contributed by atoms with van der Waals surface area (Å²) in [6.07, 6.45) is 0. The van der Waals surface area contributed by atoms with Crippen molar-refractivity contribution in [2.24, 2.45) is 0 Å². The Morgan fingerprint density at radius 2 is 1.86 bits per heavy atom. The third kappa shape index (κ3) is 4.37. The number of phenols is 1. The second kappa shape index (κ2) is 6.60. The summed E-state index contributed by atoms with van der Waals surface area (Å²) >= 11 is 0. The van der Waals surface area contributed by atoms with Gasteiger partial charge >= 0.3 is 12.0 Å². The van der Waals surface area contributed by atoms with Gasteiger partial charge in [0, 0.05) is 14.1 Å². The molecule has 0 aliphatic heterocycles. The zero-order valence-electron chi connectivity index (χ0n) is 11.9. The molecule has 1 aromatic rings. The number of nitrogens with zero attached hydrogens (tertiary/aromatic N) is 1. The number of carboxylic acid groups (broad SMARTS) is 1. The van der Waals surface area contributed by atoms with Crippen molar-refractivity contribution in [2.45, 2.75) is 13.0 Å². The molecule has 21 heavy (non-hydrogen) atoms. The number of amides is 3. The van der Waals surface area contributed by atoms with Crippen LogP contribution < -0.4 is 10.6 Å². The smallest absolute Gasteiger partial charge is 0.335 e. The number of aromatic hydroxyl groups is 1. The Labute approximate surface area is 121 Å². The van der Waals surface area contributed by atoms with Crippen LogP contribution in [0.25, 0.3) is 0 Å². The van der Waals surface area contributed by atoms with E-state index in [1.807, 2.05) is 0 Å². The van der Waals surface area contributed by atoms with Gasteiger partial charge in [-0.05, 0) is 25.1 Å². The van der Waals surface area contributed by atoms with Crippen molar-refractivity contribution in [2.75, 3.05) is 19.4 Å². The van der Waals surface area contributed by atoms with E-state index < -0.39 is 18.0 Å². The summed E-state index contributed by atoms with van der Waals surface area (Å²) < 4.78 is 0. The second-order valence-corrected chi connectivity index (χ2v) is 4.59. The van der Waals surface area contributed by atoms with Gasteiger partial charge in [-0.1, -0.05) is 0 Å². The van der Waals surface area contributed by atoms with Crippen molar-refractivity contribution in [1.82, 2.24) is 10.2 Å². The molecule has 1 aromatic carbocycles. The lowest BCUT2D eigenvalue weighted by Gasteiger charge is -2.18. The Kier molecular flexibility index (Phi) is 5.12. The van der Waals surface area contributed by atoms with Gasteiger partial charge in [-0.25, -0.2) is 9.59 Å². The number of carboxylic acids is 1. The minimum Gasteiger partial charge on any atom is -0.506 e. The van der Waals surface area contributed by atoms with Crippen LogP contribution in [-0.4, -0.2) is 53.2 Å². The molecule has 0 saturated carbocycles. The first-order valence-electron chi connectivity index (χ1n) is 6.07. The van der Waals surface area contributed by atoms with Gasteiger partial charge in [0.15, 0.2) is 0 Å². The summed E-state index contributed by atoms with van der Waals surface area (Å²) in [5.74, 6) is -1.85. The number of carbonyl (C=O) groups excluding carboxylic acids is 2. The number of rotatable bonds is 4. The molecule has 1 rings (SSSR count). The SMILES string of the molecule is CC(NC(=O)Nc1ccc(C(=O)O)cc1O)C(=O)N(C)C. The van der Waals surface area contributed by atoms with Gasteiger partial charge in [-0.3, -0.25) is 4.79 Å². The Morgan fingerprint density at radius 3 is 2.33 bits per heavy atom. The Balaban J connectivity index is 2.71. The van der Waals surface area contributed by atoms with Crippen LogP contribution in [0.2, 0.25) is 0 Å². The predicted molar refractivity (Wildman–Crippen MR) is 75.4 cm³/mol. The monoisotopic (exact) mass is 295 g/mol. The first-order valence-corrected chi connectivity index (χ1v) is 6.07. The molecule has 0 spiro atoms. The topological polar surface area (TPSA) is 119 Å². The third-order valence-electron chi connectivity index (χ3n) is 2.65. The number of hydrogen-bond donors (Lipinski definition) is 4. The van der Waals surface area contributed by atoms with Crippen LogP contribution in [0, 0.1) is 0 Å². The molecular weight excluding hydrogens is 278 g/mol. The Hall–Kier alpha value is -2.77. The Bertz CT molecular complexity index is 571. The van der Waals surface area contributed by atoms with Gasteiger partial charge in [0.1, 0.15) is 11.8 Å². The van der Waals surface area contributed by atoms with Crippen molar-refractivity contribution in [3.63, 3.8) is 0 Å². The van der Waals surface area contributed by atoms with Gasteiger partial charge < -0.3 is 25.7 Å². The molecule has 0 bridgehead atoms. The molecule has 0 heterocycles. The molecule has 4 N–H and O–H groups in total. The van der Waals surface area contributed by atoms with E-state index in [2.05, 4.69) is 10.6 Å². The zero-order valence-corrected chi connectivity index (χ0v) is 11.9. The fourth-order valence-electron chi connectivity index (χ4n) is 1.57. The molecular formula is C13H17N3O5. The van der Waals surface area contributed by atoms with E-state index in [1.54, 1.807) is 14.1 Å². The number of carbonyl (C=O) groups is 3. The summed E-state index contributed by atoms with van der Waals surface area (Å²) in [5.41, 5.74) is -0.0587. The van der Waals surface area contributed by atoms with Gasteiger partial charge in [0.25, 0.3) is 0 Å². The standard InChI is InChI=1S/C13H17N3O5/c1-7(11(18)16(2)3)14-13(21)15-9-5-4-8(12(19)20)6-10(9)17/h4-7,17H,1-3H3,(H,19,20)(H2,14,15,21). The molecule has 3 amide bonds. The van der Waals surface area contributed by atoms with E-state index in [4.69, 9.17) is 5.11 Å². The fraction of sp³-hybridized carbons (Fsp3) is 0.308. The van der Waals surface area contributed by atoms with Crippen molar-refractivity contribution in [1.29, 1.82) is 0 Å². The molecule has 0 aromatic heterocycles. The third-order valence-corrected chi connectivity index (χ3v) is 2.65. The highest BCUT2D eigenvalue weighted by molar-refractivity contribution is 5.95. The molecule has 114 valence electrons. The number of urea groups is 1. The highest BCUT2D eigenvalue weighted by Crippen LogP contribution is 2.24. The summed E-state index contributed by atoms with van der Waals surface area (Å²) in [7, 11) is 3.13. The normalized spacial score (nSPS) is 11.4. The average molecular weight is 295 g/mol. The minimum atomic E-state index is -1.19. The maximum atomic E-state index is 11.7. The van der Waals surface area contributed by atoms with Crippen molar-refractivity contribution in [3.05, 3.63) is 23.8 Å². The summed E-state index contributed by atoms with van der Waals surface area (Å²) in [4.78, 5) is 35.3. The van der Waals surface area contributed by atoms with Crippen molar-refractivity contribution in [3.8, 4) is 5.75 Å². The van der Waals surface area contributed by atoms with Gasteiger partial charge in [0.2, 0.25) is 5.91 Å². The molecule has 0 aliphatic rings. The highest BCUT2D eigenvalue weighted by atomic mass is 16.4. The molecule has 0 saturated heterocycles. The summed E-state index contributed by atoms with van der Waals surface area (Å²) in [5, 5.41) is 23.1. The highest BCUT2D eigenvalue weighted by Gasteiger charge is 2.18. The second-order valence-electron chi connectivity index (χ2n) is 4.59. The van der Waals surface area contributed by atoms with Crippen LogP contribution in [0.3, 0.4) is 0 Å². The number of likely N-dealkylation sites (N-methyl/N-ethyl adjacent to an activating group) is 1. The maximum Gasteiger partial charge on any atom is 0.335 e. The van der Waals surface area contributed by atoms with Crippen molar-refractivity contribution < 1.29 is 24.6 Å². The van der Waals surface area contributed by atoms with E-state index in [9.17, 15) is 19.5 Å². The molecule has 8 nitrogen and oxygen atoms in total. The van der Waals surface area contributed by atoms with Crippen LogP contribution >= 0.6 is 0 Å². The quantitative estimate of drug-likeness (QED) is 0.609. The first kappa shape index (κ1) is 16.3. The number of benzene rings is 1. The van der Waals surface area contributed by atoms with Crippen LogP contribution in [0.1, 0.15) is 17.3 Å². The average Bonchev–Trinajstić information content (AvgIpc) is 2.39. The largest absolute Gasteiger partial charge is 0.506 e. The van der Waals surface area contributed by atoms with Crippen LogP contribution in [0.4, 0.5) is 10.5 Å². The van der Waals surface area contributed by atoms with Gasteiger partial charge in [-0.15, -0.1) is 0 Å². The van der Waals surface area contributed by atoms with E-state index >= 15 is 0 Å². The van der Waals surface area contributed by atoms with Crippen LogP contribution in [0.5, 0.6) is 5.75 Å². The van der Waals surface area contributed by atoms with E-state index in [-0.39, 0.29) is 22.9 Å². The van der Waals surface area contributed by atoms with E-state index in [1.165, 1.54) is 24.0 Å². The first-order chi connectivity index (χ1) is 9.72. The van der Waals surface area contributed by atoms with E-state index in [0.717, 1.165) is 6.07 Å². The fourth-order valence-corrected chi connectivity index (χ4v) is 1.57. The Morgan fingerprint density at radius 1 is 1.24 bits per heavy atom. The predicted octanol–water partition coefficient (Wildman–Crippen LogP) is 0.689. The zero-order chi connectivity index (χ0) is 16.2. The summed E-state index contributed by atoms with van der Waals surface area (Å²) in [6, 6.07) is 2.10. The minimum absolute atomic E-state index is 0.0435. The number of anilines is 1. The van der Waals surface area contributed by atoms with Crippen LogP contribution in [-0.2, 0) is 4.79 Å². The van der Waals surface area contributed by atoms with E-state index in [0.29, 0.717) is 0 Å². The lowest BCUT2D eigenvalue weighted by molar-refractivity contribution is -0.130. The lowest BCUT2D eigenvalue weighted by Crippen LogP contribution is -2.45. The summed E-state index contributed by atoms with van der Waals surface area (Å²) in [6.45, 7) is 1.52. The van der Waals surface area contributed by atoms with Gasteiger partial charge in [-0.2, -0.15) is 0 Å². The molecule has 0 aliphatic carbocycles. The maximum absolute atomic E-state index is 11.7. The van der Waals surface area contributed by atoms with Crippen molar-refractivity contribution >= 4 is 23.6 Å². The number of nitrogens with one attached hydrogen (secondary N) is 2. The van der Waals surface area contributed by atoms with Gasteiger partial charge in [0.05, 0.1) is 11.3 Å². The molecule has 1 atom stereocenters.